The molecule has 0 unspecified atom stereocenters. The normalized spacial score (nSPS) is 10.7. The first-order chi connectivity index (χ1) is 18.3. The van der Waals surface area contributed by atoms with Crippen molar-refractivity contribution in [1.29, 1.82) is 0 Å². The third-order valence-corrected chi connectivity index (χ3v) is 7.40. The molecule has 3 amide bonds. The second kappa shape index (κ2) is 14.8. The van der Waals surface area contributed by atoms with Gasteiger partial charge in [-0.05, 0) is 67.4 Å². The van der Waals surface area contributed by atoms with E-state index in [1.807, 2.05) is 49.4 Å². The Balaban J connectivity index is 1.75. The molecule has 0 saturated heterocycles. The number of anilines is 1. The third-order valence-electron chi connectivity index (χ3n) is 5.89. The van der Waals surface area contributed by atoms with Crippen molar-refractivity contribution in [2.24, 2.45) is 0 Å². The highest BCUT2D eigenvalue weighted by molar-refractivity contribution is 9.10. The molecule has 10 heteroatoms. The second-order valence-electron chi connectivity index (χ2n) is 8.62. The van der Waals surface area contributed by atoms with Crippen LogP contribution in [0.2, 0.25) is 0 Å². The number of methoxy groups -OCH3 is 3. The van der Waals surface area contributed by atoms with Crippen LogP contribution in [0.5, 0.6) is 11.5 Å². The SMILES string of the molecule is COCCN(CC(=O)N(CCc1ccc(OC)c(OC)c1)Cc1ccc(C)s1)C(=O)Nc1ccc(Br)cc1. The molecule has 3 rings (SSSR count). The highest BCUT2D eigenvalue weighted by Crippen LogP contribution is 2.28. The van der Waals surface area contributed by atoms with Gasteiger partial charge in [0.1, 0.15) is 6.54 Å². The van der Waals surface area contributed by atoms with Crippen molar-refractivity contribution < 1.29 is 23.8 Å². The summed E-state index contributed by atoms with van der Waals surface area (Å²) in [5, 5.41) is 2.87. The number of nitrogens with one attached hydrogen (secondary N) is 1. The summed E-state index contributed by atoms with van der Waals surface area (Å²) in [7, 11) is 4.77. The minimum Gasteiger partial charge on any atom is -0.493 e. The maximum absolute atomic E-state index is 13.6. The fourth-order valence-electron chi connectivity index (χ4n) is 3.80. The van der Waals surface area contributed by atoms with Gasteiger partial charge >= 0.3 is 6.03 Å². The molecular weight excluding hydrogens is 570 g/mol. The molecule has 0 aliphatic rings. The number of ether oxygens (including phenoxy) is 3. The van der Waals surface area contributed by atoms with E-state index in [0.717, 1.165) is 14.9 Å². The lowest BCUT2D eigenvalue weighted by molar-refractivity contribution is -0.132. The Labute approximate surface area is 236 Å². The number of rotatable bonds is 13. The van der Waals surface area contributed by atoms with Crippen LogP contribution in [0.25, 0.3) is 0 Å². The molecule has 1 heterocycles. The molecule has 0 spiro atoms. The van der Waals surface area contributed by atoms with E-state index in [1.165, 1.54) is 9.78 Å². The molecule has 8 nitrogen and oxygen atoms in total. The van der Waals surface area contributed by atoms with Gasteiger partial charge < -0.3 is 29.3 Å². The van der Waals surface area contributed by atoms with E-state index in [2.05, 4.69) is 21.2 Å². The molecule has 0 fully saturated rings. The van der Waals surface area contributed by atoms with Crippen LogP contribution in [-0.2, 0) is 22.5 Å². The van der Waals surface area contributed by atoms with Crippen molar-refractivity contribution in [2.45, 2.75) is 19.9 Å². The number of thiophene rings is 1. The van der Waals surface area contributed by atoms with E-state index in [4.69, 9.17) is 14.2 Å². The Morgan fingerprint density at radius 2 is 1.66 bits per heavy atom. The number of aryl methyl sites for hydroxylation is 1. The van der Waals surface area contributed by atoms with Gasteiger partial charge in [-0.1, -0.05) is 22.0 Å². The Morgan fingerprint density at radius 3 is 2.29 bits per heavy atom. The molecule has 38 heavy (non-hydrogen) atoms. The van der Waals surface area contributed by atoms with Crippen LogP contribution < -0.4 is 14.8 Å². The fourth-order valence-corrected chi connectivity index (χ4v) is 4.97. The smallest absolute Gasteiger partial charge is 0.322 e. The zero-order chi connectivity index (χ0) is 27.5. The van der Waals surface area contributed by atoms with Crippen LogP contribution >= 0.6 is 27.3 Å². The van der Waals surface area contributed by atoms with E-state index in [0.29, 0.717) is 43.3 Å². The van der Waals surface area contributed by atoms with E-state index in [-0.39, 0.29) is 25.0 Å². The zero-order valence-electron chi connectivity index (χ0n) is 22.2. The first-order valence-corrected chi connectivity index (χ1v) is 13.8. The van der Waals surface area contributed by atoms with Gasteiger partial charge in [-0.25, -0.2) is 4.79 Å². The zero-order valence-corrected chi connectivity index (χ0v) is 24.6. The number of halogens is 1. The number of hydrogen-bond donors (Lipinski definition) is 1. The van der Waals surface area contributed by atoms with Gasteiger partial charge in [0.05, 0.1) is 27.4 Å². The first-order valence-electron chi connectivity index (χ1n) is 12.2. The van der Waals surface area contributed by atoms with Crippen LogP contribution in [-0.4, -0.2) is 69.3 Å². The van der Waals surface area contributed by atoms with Crippen LogP contribution in [0.4, 0.5) is 10.5 Å². The van der Waals surface area contributed by atoms with Gasteiger partial charge in [-0.2, -0.15) is 0 Å². The van der Waals surface area contributed by atoms with Gasteiger partial charge in [0.15, 0.2) is 11.5 Å². The van der Waals surface area contributed by atoms with Crippen LogP contribution in [0.3, 0.4) is 0 Å². The lowest BCUT2D eigenvalue weighted by atomic mass is 10.1. The molecule has 1 aromatic heterocycles. The predicted molar refractivity (Wildman–Crippen MR) is 154 cm³/mol. The van der Waals surface area contributed by atoms with Gasteiger partial charge in [0.25, 0.3) is 0 Å². The summed E-state index contributed by atoms with van der Waals surface area (Å²) in [5.74, 6) is 1.16. The summed E-state index contributed by atoms with van der Waals surface area (Å²) in [4.78, 5) is 32.2. The van der Waals surface area contributed by atoms with Crippen molar-refractivity contribution in [3.8, 4) is 11.5 Å². The molecule has 2 aromatic carbocycles. The monoisotopic (exact) mass is 603 g/mol. The number of amides is 3. The molecule has 0 aliphatic heterocycles. The molecule has 0 aliphatic carbocycles. The number of carbonyl (C=O) groups is 2. The quantitative estimate of drug-likeness (QED) is 0.275. The topological polar surface area (TPSA) is 80.3 Å². The number of benzene rings is 2. The Bertz CT molecular complexity index is 1200. The maximum atomic E-state index is 13.6. The minimum atomic E-state index is -0.357. The van der Waals surface area contributed by atoms with E-state index < -0.39 is 0 Å². The summed E-state index contributed by atoms with van der Waals surface area (Å²) in [5.41, 5.74) is 1.67. The van der Waals surface area contributed by atoms with Crippen molar-refractivity contribution in [3.63, 3.8) is 0 Å². The lowest BCUT2D eigenvalue weighted by Crippen LogP contribution is -2.46. The standard InChI is InChI=1S/C28H34BrN3O5S/c1-20-5-11-24(38-20)18-31(14-13-21-6-12-25(36-3)26(17-21)37-4)27(33)19-32(15-16-35-2)28(34)30-23-9-7-22(29)8-10-23/h5-12,17H,13-16,18-19H2,1-4H3,(H,30,34). The highest BCUT2D eigenvalue weighted by atomic mass is 79.9. The fraction of sp³-hybridized carbons (Fsp3) is 0.357. The van der Waals surface area contributed by atoms with E-state index in [9.17, 15) is 9.59 Å². The molecule has 0 atom stereocenters. The molecule has 0 bridgehead atoms. The summed E-state index contributed by atoms with van der Waals surface area (Å²) in [6, 6.07) is 16.8. The van der Waals surface area contributed by atoms with Crippen LogP contribution in [0.15, 0.2) is 59.1 Å². The van der Waals surface area contributed by atoms with Gasteiger partial charge in [-0.3, -0.25) is 4.79 Å². The molecule has 1 N–H and O–H groups in total. The molecule has 0 saturated carbocycles. The van der Waals surface area contributed by atoms with E-state index in [1.54, 1.807) is 49.7 Å². The van der Waals surface area contributed by atoms with Gasteiger partial charge in [0.2, 0.25) is 5.91 Å². The molecule has 204 valence electrons. The van der Waals surface area contributed by atoms with Crippen molar-refractivity contribution >= 4 is 44.9 Å². The van der Waals surface area contributed by atoms with Crippen LogP contribution in [0, 0.1) is 6.92 Å². The van der Waals surface area contributed by atoms with Crippen molar-refractivity contribution in [2.75, 3.05) is 52.9 Å². The van der Waals surface area contributed by atoms with Crippen molar-refractivity contribution in [1.82, 2.24) is 9.80 Å². The Hall–Kier alpha value is -3.08. The highest BCUT2D eigenvalue weighted by Gasteiger charge is 2.22. The number of urea groups is 1. The maximum Gasteiger partial charge on any atom is 0.322 e. The first kappa shape index (κ1) is 29.5. The molecular formula is C28H34BrN3O5S. The Morgan fingerprint density at radius 1 is 0.921 bits per heavy atom. The van der Waals surface area contributed by atoms with Gasteiger partial charge in [0, 0.05) is 40.1 Å². The minimum absolute atomic E-state index is 0.0674. The predicted octanol–water partition coefficient (Wildman–Crippen LogP) is 5.59. The Kier molecular flexibility index (Phi) is 11.4. The number of nitrogens with zero attached hydrogens (tertiary/aromatic N) is 2. The second-order valence-corrected chi connectivity index (χ2v) is 10.9. The summed E-state index contributed by atoms with van der Waals surface area (Å²) < 4.78 is 16.9. The number of hydrogen-bond acceptors (Lipinski definition) is 6. The number of carbonyl (C=O) groups excluding carboxylic acids is 2. The summed E-state index contributed by atoms with van der Waals surface area (Å²) in [6.45, 7) is 3.53. The average molecular weight is 605 g/mol. The lowest BCUT2D eigenvalue weighted by Gasteiger charge is -2.28. The van der Waals surface area contributed by atoms with E-state index >= 15 is 0 Å². The third kappa shape index (κ3) is 8.75. The summed E-state index contributed by atoms with van der Waals surface area (Å²) >= 11 is 5.06. The molecule has 0 radical (unpaired) electrons. The summed E-state index contributed by atoms with van der Waals surface area (Å²) in [6.07, 6.45) is 0.625. The molecule has 3 aromatic rings. The van der Waals surface area contributed by atoms with Gasteiger partial charge in [-0.15, -0.1) is 11.3 Å². The van der Waals surface area contributed by atoms with Crippen LogP contribution in [0.1, 0.15) is 15.3 Å². The van der Waals surface area contributed by atoms with Crippen molar-refractivity contribution in [3.05, 3.63) is 74.4 Å². The average Bonchev–Trinajstić information content (AvgIpc) is 3.34. The largest absolute Gasteiger partial charge is 0.493 e.